The molecule has 1 unspecified atom stereocenters. The van der Waals surface area contributed by atoms with Crippen molar-refractivity contribution in [1.82, 2.24) is 5.32 Å². The molecule has 102 valence electrons. The minimum Gasteiger partial charge on any atom is -0.373 e. The van der Waals surface area contributed by atoms with Crippen molar-refractivity contribution in [3.05, 3.63) is 34.3 Å². The van der Waals surface area contributed by atoms with E-state index < -0.39 is 0 Å². The van der Waals surface area contributed by atoms with E-state index in [9.17, 15) is 0 Å². The van der Waals surface area contributed by atoms with Crippen LogP contribution < -0.4 is 5.32 Å². The monoisotopic (exact) mass is 313 g/mol. The lowest BCUT2D eigenvalue weighted by molar-refractivity contribution is 0.0483. The average molecular weight is 314 g/mol. The van der Waals surface area contributed by atoms with E-state index in [1.165, 1.54) is 5.56 Å². The van der Waals surface area contributed by atoms with Crippen molar-refractivity contribution in [2.75, 3.05) is 6.54 Å². The molecule has 0 aliphatic carbocycles. The van der Waals surface area contributed by atoms with Gasteiger partial charge in [-0.1, -0.05) is 35.0 Å². The summed E-state index contributed by atoms with van der Waals surface area (Å²) in [5.74, 6) is 0. The summed E-state index contributed by atoms with van der Waals surface area (Å²) in [4.78, 5) is 0. The van der Waals surface area contributed by atoms with Gasteiger partial charge in [-0.25, -0.2) is 0 Å². The van der Waals surface area contributed by atoms with Gasteiger partial charge < -0.3 is 10.1 Å². The molecule has 0 aliphatic rings. The Hall–Kier alpha value is -0.380. The Bertz CT molecular complexity index is 365. The van der Waals surface area contributed by atoms with Gasteiger partial charge in [0.05, 0.1) is 12.7 Å². The van der Waals surface area contributed by atoms with E-state index in [-0.39, 0.29) is 11.6 Å². The molecule has 1 atom stereocenters. The number of benzene rings is 1. The first-order valence-corrected chi connectivity index (χ1v) is 7.33. The lowest BCUT2D eigenvalue weighted by Crippen LogP contribution is -2.42. The van der Waals surface area contributed by atoms with E-state index in [0.717, 1.165) is 17.4 Å². The fraction of sp³-hybridized carbons (Fsp3) is 0.600. The van der Waals surface area contributed by atoms with Gasteiger partial charge in [0.1, 0.15) is 0 Å². The van der Waals surface area contributed by atoms with Crippen LogP contribution in [0.3, 0.4) is 0 Å². The van der Waals surface area contributed by atoms with Crippen LogP contribution in [0.2, 0.25) is 0 Å². The fourth-order valence-corrected chi connectivity index (χ4v) is 1.92. The summed E-state index contributed by atoms with van der Waals surface area (Å²) < 4.78 is 6.94. The molecule has 0 aliphatic heterocycles. The van der Waals surface area contributed by atoms with E-state index >= 15 is 0 Å². The molecule has 0 bridgehead atoms. The van der Waals surface area contributed by atoms with Crippen LogP contribution in [0.25, 0.3) is 0 Å². The Morgan fingerprint density at radius 1 is 1.39 bits per heavy atom. The molecule has 0 fully saturated rings. The minimum atomic E-state index is 0.188. The van der Waals surface area contributed by atoms with Crippen LogP contribution in [-0.4, -0.2) is 18.2 Å². The van der Waals surface area contributed by atoms with Gasteiger partial charge in [0.25, 0.3) is 0 Å². The number of ether oxygens (including phenoxy) is 1. The summed E-state index contributed by atoms with van der Waals surface area (Å²) in [5, 5.41) is 3.52. The lowest BCUT2D eigenvalue weighted by atomic mass is 10.0. The molecule has 0 heterocycles. The Morgan fingerprint density at radius 2 is 2.11 bits per heavy atom. The Kier molecular flexibility index (Phi) is 6.33. The molecule has 1 aromatic carbocycles. The Labute approximate surface area is 119 Å². The molecular formula is C15H24BrNO. The molecule has 0 aromatic heterocycles. The third-order valence-corrected chi connectivity index (χ3v) is 3.67. The largest absolute Gasteiger partial charge is 0.373 e. The zero-order valence-corrected chi connectivity index (χ0v) is 13.4. The number of hydrogen-bond acceptors (Lipinski definition) is 2. The van der Waals surface area contributed by atoms with Gasteiger partial charge in [0.15, 0.2) is 0 Å². The first kappa shape index (κ1) is 15.7. The molecular weight excluding hydrogens is 290 g/mol. The van der Waals surface area contributed by atoms with Crippen LogP contribution in [-0.2, 0) is 11.3 Å². The van der Waals surface area contributed by atoms with Gasteiger partial charge in [-0.05, 0) is 44.9 Å². The van der Waals surface area contributed by atoms with Crippen LogP contribution in [0.15, 0.2) is 28.7 Å². The highest BCUT2D eigenvalue weighted by molar-refractivity contribution is 9.10. The maximum absolute atomic E-state index is 5.84. The summed E-state index contributed by atoms with van der Waals surface area (Å²) in [5.41, 5.74) is 1.39. The topological polar surface area (TPSA) is 21.3 Å². The second-order valence-corrected chi connectivity index (χ2v) is 6.29. The summed E-state index contributed by atoms with van der Waals surface area (Å²) in [6.07, 6.45) is 1.33. The van der Waals surface area contributed by atoms with E-state index in [0.29, 0.717) is 6.61 Å². The van der Waals surface area contributed by atoms with Crippen LogP contribution in [0.1, 0.15) is 39.7 Å². The standard InChI is InChI=1S/C15H24BrNO/c1-5-15(3,4)17-10-12(2)18-11-13-7-6-8-14(16)9-13/h6-9,12,17H,5,10-11H2,1-4H3. The summed E-state index contributed by atoms with van der Waals surface area (Å²) in [7, 11) is 0. The van der Waals surface area contributed by atoms with Crippen LogP contribution in [0.4, 0.5) is 0 Å². The smallest absolute Gasteiger partial charge is 0.0721 e. The average Bonchev–Trinajstić information content (AvgIpc) is 2.34. The number of rotatable bonds is 7. The predicted molar refractivity (Wildman–Crippen MR) is 80.8 cm³/mol. The highest BCUT2D eigenvalue weighted by atomic mass is 79.9. The fourth-order valence-electron chi connectivity index (χ4n) is 1.47. The molecule has 2 nitrogen and oxygen atoms in total. The summed E-state index contributed by atoms with van der Waals surface area (Å²) in [6.45, 7) is 10.3. The van der Waals surface area contributed by atoms with Gasteiger partial charge in [-0.2, -0.15) is 0 Å². The van der Waals surface area contributed by atoms with Gasteiger partial charge in [0.2, 0.25) is 0 Å². The molecule has 1 rings (SSSR count). The molecule has 0 radical (unpaired) electrons. The number of nitrogens with one attached hydrogen (secondary N) is 1. The van der Waals surface area contributed by atoms with Crippen molar-refractivity contribution in [3.8, 4) is 0 Å². The molecule has 1 N–H and O–H groups in total. The van der Waals surface area contributed by atoms with Gasteiger partial charge in [-0.3, -0.25) is 0 Å². The Balaban J connectivity index is 2.31. The van der Waals surface area contributed by atoms with Gasteiger partial charge in [0, 0.05) is 16.6 Å². The quantitative estimate of drug-likeness (QED) is 0.817. The van der Waals surface area contributed by atoms with E-state index in [4.69, 9.17) is 4.74 Å². The van der Waals surface area contributed by atoms with E-state index in [1.807, 2.05) is 12.1 Å². The molecule has 0 saturated carbocycles. The normalized spacial score (nSPS) is 13.6. The van der Waals surface area contributed by atoms with Crippen LogP contribution >= 0.6 is 15.9 Å². The van der Waals surface area contributed by atoms with Crippen LogP contribution in [0.5, 0.6) is 0 Å². The van der Waals surface area contributed by atoms with E-state index in [2.05, 4.69) is 61.1 Å². The highest BCUT2D eigenvalue weighted by Crippen LogP contribution is 2.13. The SMILES string of the molecule is CCC(C)(C)NCC(C)OCc1cccc(Br)c1. The first-order valence-electron chi connectivity index (χ1n) is 6.54. The molecule has 3 heteroatoms. The van der Waals surface area contributed by atoms with Crippen molar-refractivity contribution in [3.63, 3.8) is 0 Å². The molecule has 0 saturated heterocycles. The third kappa shape index (κ3) is 5.98. The second-order valence-electron chi connectivity index (χ2n) is 5.37. The summed E-state index contributed by atoms with van der Waals surface area (Å²) in [6, 6.07) is 8.24. The maximum atomic E-state index is 5.84. The van der Waals surface area contributed by atoms with Gasteiger partial charge in [-0.15, -0.1) is 0 Å². The number of hydrogen-bond donors (Lipinski definition) is 1. The number of halogens is 1. The summed E-state index contributed by atoms with van der Waals surface area (Å²) >= 11 is 3.47. The first-order chi connectivity index (χ1) is 8.43. The van der Waals surface area contributed by atoms with Crippen molar-refractivity contribution in [2.45, 2.75) is 52.4 Å². The van der Waals surface area contributed by atoms with Crippen molar-refractivity contribution in [1.29, 1.82) is 0 Å². The predicted octanol–water partition coefficient (Wildman–Crippen LogP) is 4.13. The van der Waals surface area contributed by atoms with E-state index in [1.54, 1.807) is 0 Å². The third-order valence-electron chi connectivity index (χ3n) is 3.18. The zero-order chi connectivity index (χ0) is 13.6. The van der Waals surface area contributed by atoms with Crippen molar-refractivity contribution >= 4 is 15.9 Å². The molecule has 1 aromatic rings. The molecule has 0 amide bonds. The highest BCUT2D eigenvalue weighted by Gasteiger charge is 2.15. The lowest BCUT2D eigenvalue weighted by Gasteiger charge is -2.26. The minimum absolute atomic E-state index is 0.188. The van der Waals surface area contributed by atoms with Crippen molar-refractivity contribution in [2.24, 2.45) is 0 Å². The molecule has 0 spiro atoms. The van der Waals surface area contributed by atoms with Crippen molar-refractivity contribution < 1.29 is 4.74 Å². The maximum Gasteiger partial charge on any atom is 0.0721 e. The second kappa shape index (κ2) is 7.27. The zero-order valence-electron chi connectivity index (χ0n) is 11.8. The molecule has 18 heavy (non-hydrogen) atoms. The van der Waals surface area contributed by atoms with Crippen LogP contribution in [0, 0.1) is 0 Å². The Morgan fingerprint density at radius 3 is 2.72 bits per heavy atom. The van der Waals surface area contributed by atoms with Gasteiger partial charge >= 0.3 is 0 Å².